The first-order valence-electron chi connectivity index (χ1n) is 8.80. The van der Waals surface area contributed by atoms with Gasteiger partial charge in [-0.25, -0.2) is 9.78 Å². The van der Waals surface area contributed by atoms with E-state index in [1.54, 1.807) is 41.2 Å². The lowest BCUT2D eigenvalue weighted by atomic mass is 10.3. The van der Waals surface area contributed by atoms with E-state index < -0.39 is 11.5 Å². The van der Waals surface area contributed by atoms with Crippen LogP contribution in [0.25, 0.3) is 11.3 Å². The average Bonchev–Trinajstić information content (AvgIpc) is 3.11. The molecular formula is C19H21ClN4O3. The summed E-state index contributed by atoms with van der Waals surface area (Å²) < 4.78 is 8.23. The molecule has 0 bridgehead atoms. The van der Waals surface area contributed by atoms with Gasteiger partial charge in [-0.1, -0.05) is 25.4 Å². The van der Waals surface area contributed by atoms with Crippen molar-refractivity contribution in [2.24, 2.45) is 0 Å². The number of benzene rings is 1. The molecule has 3 aromatic rings. The Bertz CT molecular complexity index is 990. The van der Waals surface area contributed by atoms with Crippen LogP contribution in [0.5, 0.6) is 0 Å². The molecule has 1 aromatic carbocycles. The Morgan fingerprint density at radius 3 is 2.56 bits per heavy atom. The Labute approximate surface area is 161 Å². The van der Waals surface area contributed by atoms with Crippen LogP contribution < -0.4 is 5.56 Å². The molecule has 0 fully saturated rings. The molecule has 0 atom stereocenters. The van der Waals surface area contributed by atoms with Crippen LogP contribution in [0.4, 0.5) is 0 Å². The highest BCUT2D eigenvalue weighted by molar-refractivity contribution is 6.30. The maximum atomic E-state index is 12.9. The number of nitrogens with zero attached hydrogens (tertiary/aromatic N) is 4. The van der Waals surface area contributed by atoms with Gasteiger partial charge in [0, 0.05) is 30.0 Å². The van der Waals surface area contributed by atoms with Gasteiger partial charge in [0.25, 0.3) is 5.56 Å². The molecule has 0 saturated carbocycles. The minimum atomic E-state index is -0.669. The van der Waals surface area contributed by atoms with Gasteiger partial charge in [0.05, 0.1) is 5.69 Å². The van der Waals surface area contributed by atoms with Gasteiger partial charge in [-0.15, -0.1) is 0 Å². The maximum Gasteiger partial charge on any atom is 0.345 e. The summed E-state index contributed by atoms with van der Waals surface area (Å²) in [7, 11) is 0. The number of carbonyl (C=O) groups is 1. The van der Waals surface area contributed by atoms with E-state index in [-0.39, 0.29) is 12.2 Å². The highest BCUT2D eigenvalue weighted by Crippen LogP contribution is 2.14. The van der Waals surface area contributed by atoms with Gasteiger partial charge in [0.1, 0.15) is 12.2 Å². The molecule has 0 amide bonds. The summed E-state index contributed by atoms with van der Waals surface area (Å²) in [5.41, 5.74) is 0.591. The predicted molar refractivity (Wildman–Crippen MR) is 104 cm³/mol. The number of likely N-dealkylation sites (N-methyl/N-ethyl adjacent to an activating group) is 1. The number of ether oxygens (including phenoxy) is 1. The fraction of sp³-hybridized carbons (Fsp3) is 0.316. The summed E-state index contributed by atoms with van der Waals surface area (Å²) in [6.07, 6.45) is 2.98. The molecule has 0 unspecified atom stereocenters. The van der Waals surface area contributed by atoms with E-state index >= 15 is 0 Å². The zero-order chi connectivity index (χ0) is 19.4. The van der Waals surface area contributed by atoms with Crippen LogP contribution in [-0.4, -0.2) is 51.3 Å². The van der Waals surface area contributed by atoms with Crippen molar-refractivity contribution in [1.29, 1.82) is 0 Å². The van der Waals surface area contributed by atoms with Crippen LogP contribution in [-0.2, 0) is 4.74 Å². The Morgan fingerprint density at radius 1 is 1.19 bits per heavy atom. The summed E-state index contributed by atoms with van der Waals surface area (Å²) in [4.78, 5) is 31.6. The molecule has 7 nitrogen and oxygen atoms in total. The number of aromatic nitrogens is 3. The van der Waals surface area contributed by atoms with Crippen molar-refractivity contribution in [2.45, 2.75) is 13.8 Å². The second kappa shape index (κ2) is 8.37. The first kappa shape index (κ1) is 19.1. The monoisotopic (exact) mass is 388 g/mol. The molecule has 0 radical (unpaired) electrons. The number of rotatable bonds is 7. The largest absolute Gasteiger partial charge is 0.461 e. The molecule has 0 aliphatic heterocycles. The molecule has 3 rings (SSSR count). The average molecular weight is 389 g/mol. The lowest BCUT2D eigenvalue weighted by Crippen LogP contribution is -2.30. The smallest absolute Gasteiger partial charge is 0.345 e. The highest BCUT2D eigenvalue weighted by Gasteiger charge is 2.17. The van der Waals surface area contributed by atoms with Crippen molar-refractivity contribution in [3.63, 3.8) is 0 Å². The fourth-order valence-electron chi connectivity index (χ4n) is 2.80. The SMILES string of the molecule is CCN(CC)CCOC(=O)c1cnc2ccn(-c3ccc(Cl)cc3)n2c1=O. The van der Waals surface area contributed by atoms with Crippen LogP contribution in [0.2, 0.25) is 5.02 Å². The number of fused-ring (bicyclic) bond motifs is 1. The van der Waals surface area contributed by atoms with E-state index in [4.69, 9.17) is 16.3 Å². The maximum absolute atomic E-state index is 12.9. The van der Waals surface area contributed by atoms with E-state index in [1.807, 2.05) is 13.8 Å². The first-order valence-corrected chi connectivity index (χ1v) is 9.17. The van der Waals surface area contributed by atoms with Crippen LogP contribution in [0, 0.1) is 0 Å². The minimum Gasteiger partial charge on any atom is -0.461 e. The van der Waals surface area contributed by atoms with Gasteiger partial charge < -0.3 is 9.64 Å². The van der Waals surface area contributed by atoms with E-state index in [9.17, 15) is 9.59 Å². The number of halogens is 1. The van der Waals surface area contributed by atoms with Crippen LogP contribution >= 0.6 is 11.6 Å². The Hall–Kier alpha value is -2.64. The zero-order valence-corrected chi connectivity index (χ0v) is 16.0. The van der Waals surface area contributed by atoms with Crippen LogP contribution in [0.1, 0.15) is 24.2 Å². The molecular weight excluding hydrogens is 368 g/mol. The highest BCUT2D eigenvalue weighted by atomic mass is 35.5. The van der Waals surface area contributed by atoms with Gasteiger partial charge in [-0.2, -0.15) is 4.52 Å². The number of carbonyl (C=O) groups excluding carboxylic acids is 1. The predicted octanol–water partition coefficient (Wildman–Crippen LogP) is 2.64. The third-order valence-electron chi connectivity index (χ3n) is 4.39. The van der Waals surface area contributed by atoms with Crippen molar-refractivity contribution in [3.05, 3.63) is 63.7 Å². The molecule has 0 saturated heterocycles. The molecule has 142 valence electrons. The van der Waals surface area contributed by atoms with Crippen molar-refractivity contribution in [3.8, 4) is 5.69 Å². The lowest BCUT2D eigenvalue weighted by molar-refractivity contribution is 0.0463. The van der Waals surface area contributed by atoms with Crippen molar-refractivity contribution in [2.75, 3.05) is 26.2 Å². The summed E-state index contributed by atoms with van der Waals surface area (Å²) in [5, 5.41) is 0.596. The Morgan fingerprint density at radius 2 is 1.89 bits per heavy atom. The van der Waals surface area contributed by atoms with E-state index in [1.165, 1.54) is 10.7 Å². The van der Waals surface area contributed by atoms with Crippen molar-refractivity contribution >= 4 is 23.2 Å². The minimum absolute atomic E-state index is 0.0963. The van der Waals surface area contributed by atoms with Gasteiger partial charge >= 0.3 is 5.97 Å². The van der Waals surface area contributed by atoms with Crippen LogP contribution in [0.3, 0.4) is 0 Å². The summed E-state index contributed by atoms with van der Waals surface area (Å²) in [6, 6.07) is 8.72. The quantitative estimate of drug-likeness (QED) is 0.582. The zero-order valence-electron chi connectivity index (χ0n) is 15.3. The van der Waals surface area contributed by atoms with E-state index in [0.29, 0.717) is 17.2 Å². The van der Waals surface area contributed by atoms with Gasteiger partial charge in [-0.3, -0.25) is 9.48 Å². The first-order chi connectivity index (χ1) is 13.0. The van der Waals surface area contributed by atoms with Gasteiger partial charge in [0.2, 0.25) is 0 Å². The fourth-order valence-corrected chi connectivity index (χ4v) is 2.93. The number of esters is 1. The normalized spacial score (nSPS) is 11.3. The topological polar surface area (TPSA) is 68.8 Å². The summed E-state index contributed by atoms with van der Waals surface area (Å²) in [6.45, 7) is 6.68. The summed E-state index contributed by atoms with van der Waals surface area (Å²) >= 11 is 5.93. The van der Waals surface area contributed by atoms with Crippen molar-refractivity contribution in [1.82, 2.24) is 19.1 Å². The molecule has 27 heavy (non-hydrogen) atoms. The molecule has 2 aromatic heterocycles. The number of hydrogen-bond donors (Lipinski definition) is 0. The third-order valence-corrected chi connectivity index (χ3v) is 4.64. The second-order valence-corrected chi connectivity index (χ2v) is 6.38. The summed E-state index contributed by atoms with van der Waals surface area (Å²) in [5.74, 6) is -0.669. The Balaban J connectivity index is 1.88. The lowest BCUT2D eigenvalue weighted by Gasteiger charge is -2.17. The molecule has 0 N–H and O–H groups in total. The molecule has 8 heteroatoms. The van der Waals surface area contributed by atoms with Crippen LogP contribution in [0.15, 0.2) is 47.5 Å². The molecule has 0 spiro atoms. The van der Waals surface area contributed by atoms with E-state index in [2.05, 4.69) is 9.88 Å². The molecule has 0 aliphatic rings. The van der Waals surface area contributed by atoms with E-state index in [0.717, 1.165) is 18.8 Å². The molecule has 0 aliphatic carbocycles. The Kier molecular flexibility index (Phi) is 5.93. The van der Waals surface area contributed by atoms with Gasteiger partial charge in [0.15, 0.2) is 5.65 Å². The third kappa shape index (κ3) is 4.04. The number of hydrogen-bond acceptors (Lipinski definition) is 5. The standard InChI is InChI=1S/C19H21ClN4O3/c1-3-22(4-2)11-12-27-19(26)16-13-21-17-9-10-23(24(17)18(16)25)15-7-5-14(20)6-8-15/h5-10,13H,3-4,11-12H2,1-2H3. The van der Waals surface area contributed by atoms with Crippen molar-refractivity contribution < 1.29 is 9.53 Å². The second-order valence-electron chi connectivity index (χ2n) is 5.95. The van der Waals surface area contributed by atoms with Gasteiger partial charge in [-0.05, 0) is 37.4 Å². The molecule has 2 heterocycles.